The normalized spacial score (nSPS) is 10.7. The van der Waals surface area contributed by atoms with Crippen LogP contribution in [0.1, 0.15) is 5.56 Å². The summed E-state index contributed by atoms with van der Waals surface area (Å²) in [5.74, 6) is -5.13. The summed E-state index contributed by atoms with van der Waals surface area (Å²) < 4.78 is 65.6. The molecule has 20 heavy (non-hydrogen) atoms. The molecule has 2 aromatic rings. The Bertz CT molecular complexity index is 602. The Morgan fingerprint density at radius 2 is 1.35 bits per heavy atom. The third kappa shape index (κ3) is 3.09. The maximum Gasteiger partial charge on any atom is 0.161 e. The fraction of sp³-hybridized carbons (Fsp3) is 0.0769. The first-order valence-corrected chi connectivity index (χ1v) is 6.19. The van der Waals surface area contributed by atoms with Crippen molar-refractivity contribution in [2.45, 2.75) is 6.54 Å². The third-order valence-electron chi connectivity index (χ3n) is 2.57. The predicted molar refractivity (Wildman–Crippen MR) is 67.7 cm³/mol. The van der Waals surface area contributed by atoms with Gasteiger partial charge in [-0.25, -0.2) is 22.0 Å². The van der Waals surface area contributed by atoms with Crippen LogP contribution in [0.25, 0.3) is 0 Å². The van der Waals surface area contributed by atoms with E-state index in [9.17, 15) is 22.0 Å². The van der Waals surface area contributed by atoms with Crippen molar-refractivity contribution < 1.29 is 22.0 Å². The van der Waals surface area contributed by atoms with E-state index in [1.54, 1.807) is 0 Å². The molecular formula is C13H7BrF5N. The van der Waals surface area contributed by atoms with Crippen LogP contribution in [0.5, 0.6) is 0 Å². The van der Waals surface area contributed by atoms with Gasteiger partial charge in [-0.15, -0.1) is 0 Å². The Balaban J connectivity index is 2.21. The van der Waals surface area contributed by atoms with Crippen LogP contribution < -0.4 is 5.32 Å². The molecule has 7 heteroatoms. The molecule has 0 atom stereocenters. The van der Waals surface area contributed by atoms with Crippen LogP contribution in [0.3, 0.4) is 0 Å². The zero-order chi connectivity index (χ0) is 14.9. The van der Waals surface area contributed by atoms with Crippen molar-refractivity contribution in [3.05, 3.63) is 63.4 Å². The third-order valence-corrected chi connectivity index (χ3v) is 3.18. The van der Waals surface area contributed by atoms with Crippen molar-refractivity contribution in [2.24, 2.45) is 0 Å². The van der Waals surface area contributed by atoms with Gasteiger partial charge in [0.15, 0.2) is 11.6 Å². The number of anilines is 1. The Hall–Kier alpha value is -1.63. The summed E-state index contributed by atoms with van der Waals surface area (Å²) in [6.45, 7) is -0.280. The maximum absolute atomic E-state index is 13.4. The second-order valence-corrected chi connectivity index (χ2v) is 4.81. The van der Waals surface area contributed by atoms with Crippen molar-refractivity contribution >= 4 is 21.6 Å². The van der Waals surface area contributed by atoms with E-state index in [0.717, 1.165) is 6.07 Å². The molecule has 0 radical (unpaired) electrons. The lowest BCUT2D eigenvalue weighted by molar-refractivity contribution is 0.490. The lowest BCUT2D eigenvalue weighted by Gasteiger charge is -2.10. The predicted octanol–water partition coefficient (Wildman–Crippen LogP) is 4.76. The molecule has 0 bridgehead atoms. The molecule has 1 N–H and O–H groups in total. The summed E-state index contributed by atoms with van der Waals surface area (Å²) in [5, 5.41) is 2.48. The minimum Gasteiger partial charge on any atom is -0.378 e. The molecular weight excluding hydrogens is 345 g/mol. The standard InChI is InChI=1S/C13H7BrF5N/c14-7-2-13(12(19)4-9(7)16)20-5-6-1-10(17)11(18)3-8(6)15/h1-4,20H,5H2. The van der Waals surface area contributed by atoms with E-state index in [1.807, 2.05) is 0 Å². The van der Waals surface area contributed by atoms with Crippen LogP contribution >= 0.6 is 15.9 Å². The highest BCUT2D eigenvalue weighted by Crippen LogP contribution is 2.24. The molecule has 0 aliphatic heterocycles. The van der Waals surface area contributed by atoms with Gasteiger partial charge < -0.3 is 5.32 Å². The lowest BCUT2D eigenvalue weighted by atomic mass is 10.2. The Morgan fingerprint density at radius 3 is 2.05 bits per heavy atom. The van der Waals surface area contributed by atoms with Crippen molar-refractivity contribution in [3.63, 3.8) is 0 Å². The van der Waals surface area contributed by atoms with E-state index in [0.29, 0.717) is 18.2 Å². The zero-order valence-electron chi connectivity index (χ0n) is 9.78. The molecule has 0 fully saturated rings. The fourth-order valence-corrected chi connectivity index (χ4v) is 1.89. The Labute approximate surface area is 119 Å². The van der Waals surface area contributed by atoms with E-state index in [2.05, 4.69) is 21.2 Å². The van der Waals surface area contributed by atoms with E-state index in [-0.39, 0.29) is 22.3 Å². The Kier molecular flexibility index (Phi) is 4.27. The summed E-state index contributed by atoms with van der Waals surface area (Å²) in [6.07, 6.45) is 0. The highest BCUT2D eigenvalue weighted by atomic mass is 79.9. The first-order chi connectivity index (χ1) is 9.38. The average molecular weight is 352 g/mol. The van der Waals surface area contributed by atoms with Gasteiger partial charge >= 0.3 is 0 Å². The largest absolute Gasteiger partial charge is 0.378 e. The van der Waals surface area contributed by atoms with Crippen LogP contribution in [0.15, 0.2) is 28.7 Å². The smallest absolute Gasteiger partial charge is 0.161 e. The van der Waals surface area contributed by atoms with Gasteiger partial charge in [0.25, 0.3) is 0 Å². The van der Waals surface area contributed by atoms with Crippen LogP contribution in [0.2, 0.25) is 0 Å². The number of hydrogen-bond donors (Lipinski definition) is 1. The highest BCUT2D eigenvalue weighted by molar-refractivity contribution is 9.10. The molecule has 1 nitrogen and oxygen atoms in total. The summed E-state index contributed by atoms with van der Waals surface area (Å²) in [6, 6.07) is 2.86. The minimum atomic E-state index is -1.30. The van der Waals surface area contributed by atoms with Gasteiger partial charge in [-0.3, -0.25) is 0 Å². The number of hydrogen-bond acceptors (Lipinski definition) is 1. The van der Waals surface area contributed by atoms with Crippen LogP contribution in [-0.4, -0.2) is 0 Å². The van der Waals surface area contributed by atoms with Crippen LogP contribution in [0, 0.1) is 29.1 Å². The van der Waals surface area contributed by atoms with E-state index >= 15 is 0 Å². The number of rotatable bonds is 3. The molecule has 106 valence electrons. The summed E-state index contributed by atoms with van der Waals surface area (Å²) in [5.41, 5.74) is -0.272. The molecule has 2 aromatic carbocycles. The lowest BCUT2D eigenvalue weighted by Crippen LogP contribution is -2.05. The SMILES string of the molecule is Fc1cc(F)c(CNc2cc(Br)c(F)cc2F)cc1F. The second-order valence-electron chi connectivity index (χ2n) is 3.96. The number of nitrogens with one attached hydrogen (secondary N) is 1. The Morgan fingerprint density at radius 1 is 0.750 bits per heavy atom. The van der Waals surface area contributed by atoms with Gasteiger partial charge in [0.05, 0.1) is 10.2 Å². The summed E-state index contributed by atoms with van der Waals surface area (Å²) in [7, 11) is 0. The van der Waals surface area contributed by atoms with Gasteiger partial charge in [-0.1, -0.05) is 0 Å². The van der Waals surface area contributed by atoms with Gasteiger partial charge in [0.1, 0.15) is 17.5 Å². The van der Waals surface area contributed by atoms with Gasteiger partial charge in [-0.2, -0.15) is 0 Å². The minimum absolute atomic E-state index is 0.0205. The summed E-state index contributed by atoms with van der Waals surface area (Å²) >= 11 is 2.88. The van der Waals surface area contributed by atoms with E-state index < -0.39 is 29.1 Å². The van der Waals surface area contributed by atoms with Crippen molar-refractivity contribution in [1.82, 2.24) is 0 Å². The molecule has 0 spiro atoms. The summed E-state index contributed by atoms with van der Waals surface area (Å²) in [4.78, 5) is 0. The monoisotopic (exact) mass is 351 g/mol. The topological polar surface area (TPSA) is 12.0 Å². The highest BCUT2D eigenvalue weighted by Gasteiger charge is 2.12. The van der Waals surface area contributed by atoms with Gasteiger partial charge in [0.2, 0.25) is 0 Å². The van der Waals surface area contributed by atoms with Crippen LogP contribution in [-0.2, 0) is 6.54 Å². The number of benzene rings is 2. The van der Waals surface area contributed by atoms with E-state index in [4.69, 9.17) is 0 Å². The van der Waals surface area contributed by atoms with Crippen molar-refractivity contribution in [3.8, 4) is 0 Å². The molecule has 0 saturated heterocycles. The molecule has 0 heterocycles. The zero-order valence-corrected chi connectivity index (χ0v) is 11.4. The molecule has 0 amide bonds. The van der Waals surface area contributed by atoms with Crippen molar-refractivity contribution in [2.75, 3.05) is 5.32 Å². The van der Waals surface area contributed by atoms with Gasteiger partial charge in [0, 0.05) is 24.2 Å². The second kappa shape index (κ2) is 5.78. The molecule has 2 rings (SSSR count). The van der Waals surface area contributed by atoms with E-state index in [1.165, 1.54) is 0 Å². The van der Waals surface area contributed by atoms with Crippen molar-refractivity contribution in [1.29, 1.82) is 0 Å². The van der Waals surface area contributed by atoms with Gasteiger partial charge in [-0.05, 0) is 28.1 Å². The quantitative estimate of drug-likeness (QED) is 0.621. The first-order valence-electron chi connectivity index (χ1n) is 5.40. The molecule has 0 unspecified atom stereocenters. The average Bonchev–Trinajstić information content (AvgIpc) is 2.37. The fourth-order valence-electron chi connectivity index (χ4n) is 1.55. The molecule has 0 aliphatic rings. The molecule has 0 aromatic heterocycles. The maximum atomic E-state index is 13.4. The molecule has 0 saturated carbocycles. The first kappa shape index (κ1) is 14.8. The van der Waals surface area contributed by atoms with Crippen LogP contribution in [0.4, 0.5) is 27.6 Å². The number of halogens is 6. The molecule has 0 aliphatic carbocycles.